The average molecular weight is 414 g/mol. The molecular formula is C20H32FN3O3S. The van der Waals surface area contributed by atoms with E-state index in [1.165, 1.54) is 22.5 Å². The minimum atomic E-state index is -3.71. The molecule has 1 amide bonds. The quantitative estimate of drug-likeness (QED) is 0.675. The van der Waals surface area contributed by atoms with Crippen LogP contribution in [-0.2, 0) is 14.8 Å². The molecule has 1 N–H and O–H groups in total. The van der Waals surface area contributed by atoms with Crippen molar-refractivity contribution < 1.29 is 17.6 Å². The van der Waals surface area contributed by atoms with Gasteiger partial charge in [-0.3, -0.25) is 9.69 Å². The number of carbonyl (C=O) groups excluding carboxylic acids is 1. The number of sulfonamides is 1. The van der Waals surface area contributed by atoms with E-state index in [9.17, 15) is 17.6 Å². The number of halogens is 1. The van der Waals surface area contributed by atoms with Crippen molar-refractivity contribution in [2.75, 3.05) is 32.7 Å². The summed E-state index contributed by atoms with van der Waals surface area (Å²) in [6.07, 6.45) is 3.21. The smallest absolute Gasteiger partial charge is 0.243 e. The molecule has 0 saturated carbocycles. The molecule has 158 valence electrons. The minimum Gasteiger partial charge on any atom is -0.353 e. The first-order valence-electron chi connectivity index (χ1n) is 9.96. The molecule has 28 heavy (non-hydrogen) atoms. The van der Waals surface area contributed by atoms with Gasteiger partial charge in [0.2, 0.25) is 15.9 Å². The third kappa shape index (κ3) is 6.83. The van der Waals surface area contributed by atoms with Gasteiger partial charge < -0.3 is 5.32 Å². The van der Waals surface area contributed by atoms with E-state index >= 15 is 0 Å². The van der Waals surface area contributed by atoms with Crippen LogP contribution >= 0.6 is 0 Å². The van der Waals surface area contributed by atoms with Gasteiger partial charge >= 0.3 is 0 Å². The zero-order valence-corrected chi connectivity index (χ0v) is 17.8. The van der Waals surface area contributed by atoms with Gasteiger partial charge in [0, 0.05) is 32.2 Å². The van der Waals surface area contributed by atoms with E-state index in [1.54, 1.807) is 0 Å². The van der Waals surface area contributed by atoms with Crippen molar-refractivity contribution in [2.24, 2.45) is 5.92 Å². The Morgan fingerprint density at radius 1 is 1.14 bits per heavy atom. The fourth-order valence-corrected chi connectivity index (χ4v) is 4.79. The third-order valence-electron chi connectivity index (χ3n) is 4.96. The first kappa shape index (κ1) is 22.8. The van der Waals surface area contributed by atoms with Crippen molar-refractivity contribution >= 4 is 15.9 Å². The second kappa shape index (κ2) is 10.3. The number of hydrogen-bond donors (Lipinski definition) is 1. The van der Waals surface area contributed by atoms with E-state index in [0.717, 1.165) is 25.3 Å². The molecule has 1 heterocycles. The first-order valence-corrected chi connectivity index (χ1v) is 11.4. The maximum absolute atomic E-state index is 13.4. The fraction of sp³-hybridized carbons (Fsp3) is 0.650. The number of nitrogens with zero attached hydrogens (tertiary/aromatic N) is 2. The second-order valence-corrected chi connectivity index (χ2v) is 9.87. The van der Waals surface area contributed by atoms with Crippen LogP contribution in [0.4, 0.5) is 4.39 Å². The molecule has 0 bridgehead atoms. The van der Waals surface area contributed by atoms with Crippen molar-refractivity contribution in [1.82, 2.24) is 14.5 Å². The van der Waals surface area contributed by atoms with Crippen molar-refractivity contribution in [3.63, 3.8) is 0 Å². The predicted octanol–water partition coefficient (Wildman–Crippen LogP) is 2.46. The molecule has 1 aromatic carbocycles. The number of carbonyl (C=O) groups is 1. The molecule has 1 aliphatic rings. The zero-order valence-electron chi connectivity index (χ0n) is 17.0. The summed E-state index contributed by atoms with van der Waals surface area (Å²) in [7, 11) is -3.71. The maximum atomic E-state index is 13.4. The Bertz CT molecular complexity index is 747. The standard InChI is InChI=1S/C20H32FN3O3S/c1-16(2)6-4-7-17(3)22-20(25)15-23-10-12-24(13-11-23)28(26,27)19-9-5-8-18(21)14-19/h5,8-9,14,16-17H,4,6-7,10-13,15H2,1-3H3,(H,22,25)/t17-/m1/s1. The topological polar surface area (TPSA) is 69.7 Å². The van der Waals surface area contributed by atoms with Crippen LogP contribution in [0.15, 0.2) is 29.2 Å². The van der Waals surface area contributed by atoms with Crippen LogP contribution in [0.1, 0.15) is 40.0 Å². The molecule has 0 aliphatic carbocycles. The van der Waals surface area contributed by atoms with Gasteiger partial charge in [-0.15, -0.1) is 0 Å². The first-order chi connectivity index (χ1) is 13.2. The predicted molar refractivity (Wildman–Crippen MR) is 108 cm³/mol. The summed E-state index contributed by atoms with van der Waals surface area (Å²) in [5, 5.41) is 3.02. The van der Waals surface area contributed by atoms with Crippen molar-refractivity contribution in [3.8, 4) is 0 Å². The SMILES string of the molecule is CC(C)CCC[C@@H](C)NC(=O)CN1CCN(S(=O)(=O)c2cccc(F)c2)CC1. The molecule has 0 unspecified atom stereocenters. The second-order valence-electron chi connectivity index (χ2n) is 7.93. The molecule has 6 nitrogen and oxygen atoms in total. The average Bonchev–Trinajstić information content (AvgIpc) is 2.61. The lowest BCUT2D eigenvalue weighted by atomic mass is 10.0. The zero-order chi connectivity index (χ0) is 20.7. The van der Waals surface area contributed by atoms with Crippen LogP contribution in [0, 0.1) is 11.7 Å². The summed E-state index contributed by atoms with van der Waals surface area (Å²) in [4.78, 5) is 14.1. The van der Waals surface area contributed by atoms with Gasteiger partial charge in [0.15, 0.2) is 0 Å². The molecule has 0 radical (unpaired) electrons. The van der Waals surface area contributed by atoms with Gasteiger partial charge in [-0.1, -0.05) is 32.8 Å². The van der Waals surface area contributed by atoms with Crippen molar-refractivity contribution in [1.29, 1.82) is 0 Å². The largest absolute Gasteiger partial charge is 0.353 e. The normalized spacial score (nSPS) is 17.6. The van der Waals surface area contributed by atoms with Gasteiger partial charge in [-0.25, -0.2) is 12.8 Å². The molecule has 1 atom stereocenters. The number of piperazine rings is 1. The summed E-state index contributed by atoms with van der Waals surface area (Å²) in [5.74, 6) is 0.0697. The van der Waals surface area contributed by atoms with Gasteiger partial charge in [0.1, 0.15) is 5.82 Å². The van der Waals surface area contributed by atoms with E-state index in [0.29, 0.717) is 19.0 Å². The van der Waals surface area contributed by atoms with Crippen LogP contribution in [-0.4, -0.2) is 62.3 Å². The van der Waals surface area contributed by atoms with Crippen LogP contribution in [0.5, 0.6) is 0 Å². The number of benzene rings is 1. The van der Waals surface area contributed by atoms with E-state index in [2.05, 4.69) is 19.2 Å². The van der Waals surface area contributed by atoms with Gasteiger partial charge in [0.05, 0.1) is 11.4 Å². The van der Waals surface area contributed by atoms with E-state index in [4.69, 9.17) is 0 Å². The highest BCUT2D eigenvalue weighted by Gasteiger charge is 2.29. The molecule has 8 heteroatoms. The molecule has 2 rings (SSSR count). The highest BCUT2D eigenvalue weighted by atomic mass is 32.2. The summed E-state index contributed by atoms with van der Waals surface area (Å²) in [5.41, 5.74) is 0. The van der Waals surface area contributed by atoms with Crippen molar-refractivity contribution in [3.05, 3.63) is 30.1 Å². The molecule has 1 fully saturated rings. The minimum absolute atomic E-state index is 0.0292. The lowest BCUT2D eigenvalue weighted by Crippen LogP contribution is -2.51. The van der Waals surface area contributed by atoms with Crippen LogP contribution in [0.3, 0.4) is 0 Å². The van der Waals surface area contributed by atoms with Gasteiger partial charge in [0.25, 0.3) is 0 Å². The lowest BCUT2D eigenvalue weighted by molar-refractivity contribution is -0.123. The van der Waals surface area contributed by atoms with Crippen LogP contribution in [0.25, 0.3) is 0 Å². The van der Waals surface area contributed by atoms with Crippen LogP contribution < -0.4 is 5.32 Å². The molecule has 1 aromatic rings. The molecule has 0 aromatic heterocycles. The lowest BCUT2D eigenvalue weighted by Gasteiger charge is -2.33. The number of hydrogen-bond acceptors (Lipinski definition) is 4. The number of rotatable bonds is 9. The Morgan fingerprint density at radius 2 is 1.82 bits per heavy atom. The molecule has 0 spiro atoms. The third-order valence-corrected chi connectivity index (χ3v) is 6.85. The highest BCUT2D eigenvalue weighted by Crippen LogP contribution is 2.18. The number of amides is 1. The van der Waals surface area contributed by atoms with Crippen LogP contribution in [0.2, 0.25) is 0 Å². The van der Waals surface area contributed by atoms with E-state index in [1.807, 2.05) is 11.8 Å². The maximum Gasteiger partial charge on any atom is 0.243 e. The summed E-state index contributed by atoms with van der Waals surface area (Å²) >= 11 is 0. The van der Waals surface area contributed by atoms with Gasteiger partial charge in [-0.05, 0) is 37.5 Å². The van der Waals surface area contributed by atoms with E-state index in [-0.39, 0.29) is 36.5 Å². The fourth-order valence-electron chi connectivity index (χ4n) is 3.33. The van der Waals surface area contributed by atoms with E-state index < -0.39 is 15.8 Å². The summed E-state index contributed by atoms with van der Waals surface area (Å²) in [6, 6.07) is 5.19. The number of nitrogens with one attached hydrogen (secondary N) is 1. The molecule has 1 aliphatic heterocycles. The Kier molecular flexibility index (Phi) is 8.39. The highest BCUT2D eigenvalue weighted by molar-refractivity contribution is 7.89. The Labute approximate surface area is 168 Å². The Balaban J connectivity index is 1.78. The summed E-state index contributed by atoms with van der Waals surface area (Å²) < 4.78 is 40.0. The summed E-state index contributed by atoms with van der Waals surface area (Å²) in [6.45, 7) is 8.19. The molecule has 1 saturated heterocycles. The molecular weight excluding hydrogens is 381 g/mol. The Morgan fingerprint density at radius 3 is 2.43 bits per heavy atom. The van der Waals surface area contributed by atoms with Crippen molar-refractivity contribution in [2.45, 2.75) is 51.0 Å². The Hall–Kier alpha value is -1.51. The monoisotopic (exact) mass is 413 g/mol. The van der Waals surface area contributed by atoms with Gasteiger partial charge in [-0.2, -0.15) is 4.31 Å².